The van der Waals surface area contributed by atoms with Gasteiger partial charge in [0.15, 0.2) is 5.96 Å². The van der Waals surface area contributed by atoms with Crippen LogP contribution in [-0.2, 0) is 13.5 Å². The summed E-state index contributed by atoms with van der Waals surface area (Å²) in [5.74, 6) is 0.910. The lowest BCUT2D eigenvalue weighted by Gasteiger charge is -2.23. The second kappa shape index (κ2) is 8.81. The van der Waals surface area contributed by atoms with Crippen molar-refractivity contribution in [3.05, 3.63) is 18.0 Å². The van der Waals surface area contributed by atoms with E-state index in [1.165, 1.54) is 12.0 Å². The van der Waals surface area contributed by atoms with E-state index in [1.807, 2.05) is 24.1 Å². The van der Waals surface area contributed by atoms with E-state index in [2.05, 4.69) is 55.3 Å². The van der Waals surface area contributed by atoms with Crippen LogP contribution in [0.2, 0.25) is 0 Å². The van der Waals surface area contributed by atoms with Crippen LogP contribution in [0, 0.1) is 5.41 Å². The molecule has 0 saturated heterocycles. The molecule has 0 aliphatic carbocycles. The molecule has 126 valence electrons. The van der Waals surface area contributed by atoms with Crippen molar-refractivity contribution in [3.63, 3.8) is 0 Å². The molecular formula is C17H33N5. The molecule has 22 heavy (non-hydrogen) atoms. The quantitative estimate of drug-likeness (QED) is 0.601. The summed E-state index contributed by atoms with van der Waals surface area (Å²) >= 11 is 0. The van der Waals surface area contributed by atoms with Gasteiger partial charge in [-0.25, -0.2) is 0 Å². The molecule has 0 aliphatic rings. The predicted molar refractivity (Wildman–Crippen MR) is 94.2 cm³/mol. The molecule has 1 unspecified atom stereocenters. The largest absolute Gasteiger partial charge is 0.357 e. The molecule has 5 nitrogen and oxygen atoms in total. The van der Waals surface area contributed by atoms with Gasteiger partial charge in [0.25, 0.3) is 0 Å². The third kappa shape index (κ3) is 8.05. The number of guanidine groups is 1. The Balaban J connectivity index is 2.44. The zero-order valence-electron chi connectivity index (χ0n) is 15.1. The minimum atomic E-state index is 0.381. The van der Waals surface area contributed by atoms with Gasteiger partial charge < -0.3 is 10.6 Å². The Kier molecular flexibility index (Phi) is 7.42. The summed E-state index contributed by atoms with van der Waals surface area (Å²) in [6.07, 6.45) is 7.22. The summed E-state index contributed by atoms with van der Waals surface area (Å²) in [5, 5.41) is 11.0. The van der Waals surface area contributed by atoms with E-state index in [4.69, 9.17) is 0 Å². The van der Waals surface area contributed by atoms with E-state index in [0.717, 1.165) is 31.9 Å². The Morgan fingerprint density at radius 3 is 2.68 bits per heavy atom. The maximum Gasteiger partial charge on any atom is 0.191 e. The highest BCUT2D eigenvalue weighted by molar-refractivity contribution is 5.80. The van der Waals surface area contributed by atoms with Gasteiger partial charge in [0.2, 0.25) is 0 Å². The fourth-order valence-electron chi connectivity index (χ4n) is 2.17. The van der Waals surface area contributed by atoms with E-state index < -0.39 is 0 Å². The van der Waals surface area contributed by atoms with Crippen LogP contribution in [0.1, 0.15) is 53.0 Å². The fourth-order valence-corrected chi connectivity index (χ4v) is 2.17. The Bertz CT molecular complexity index is 456. The van der Waals surface area contributed by atoms with E-state index in [1.54, 1.807) is 0 Å². The molecule has 1 aromatic heterocycles. The summed E-state index contributed by atoms with van der Waals surface area (Å²) in [7, 11) is 1.94. The average molecular weight is 307 g/mol. The fraction of sp³-hybridized carbons (Fsp3) is 0.765. The normalized spacial score (nSPS) is 14.0. The summed E-state index contributed by atoms with van der Waals surface area (Å²) in [5.41, 5.74) is 1.61. The molecule has 5 heteroatoms. The van der Waals surface area contributed by atoms with Crippen molar-refractivity contribution in [2.24, 2.45) is 17.5 Å². The highest BCUT2D eigenvalue weighted by Gasteiger charge is 2.13. The molecule has 2 N–H and O–H groups in total. The lowest BCUT2D eigenvalue weighted by atomic mass is 9.89. The summed E-state index contributed by atoms with van der Waals surface area (Å²) in [4.78, 5) is 4.66. The molecule has 0 radical (unpaired) electrons. The lowest BCUT2D eigenvalue weighted by Crippen LogP contribution is -2.42. The Morgan fingerprint density at radius 2 is 2.14 bits per heavy atom. The third-order valence-corrected chi connectivity index (χ3v) is 3.48. The van der Waals surface area contributed by atoms with E-state index in [9.17, 15) is 0 Å². The van der Waals surface area contributed by atoms with Gasteiger partial charge in [0, 0.05) is 32.4 Å². The highest BCUT2D eigenvalue weighted by Crippen LogP contribution is 2.21. The standard InChI is InChI=1S/C17H33N5/c1-7-18-16(21-14(2)8-10-17(3,4)5)19-11-9-15-12-20-22(6)13-15/h12-14H,7-11H2,1-6H3,(H2,18,19,21). The average Bonchev–Trinajstić information content (AvgIpc) is 2.81. The maximum absolute atomic E-state index is 4.66. The van der Waals surface area contributed by atoms with Crippen molar-refractivity contribution in [1.29, 1.82) is 0 Å². The maximum atomic E-state index is 4.66. The Hall–Kier alpha value is -1.52. The molecule has 0 spiro atoms. The molecule has 0 aromatic carbocycles. The van der Waals surface area contributed by atoms with Crippen LogP contribution < -0.4 is 10.6 Å². The smallest absolute Gasteiger partial charge is 0.191 e. The molecule has 1 aromatic rings. The first-order valence-corrected chi connectivity index (χ1v) is 8.32. The number of hydrogen-bond donors (Lipinski definition) is 2. The number of nitrogens with zero attached hydrogens (tertiary/aromatic N) is 3. The zero-order valence-corrected chi connectivity index (χ0v) is 15.1. The minimum Gasteiger partial charge on any atom is -0.357 e. The van der Waals surface area contributed by atoms with E-state index >= 15 is 0 Å². The minimum absolute atomic E-state index is 0.381. The third-order valence-electron chi connectivity index (χ3n) is 3.48. The van der Waals surface area contributed by atoms with Gasteiger partial charge in [0.1, 0.15) is 0 Å². The van der Waals surface area contributed by atoms with Crippen LogP contribution in [0.5, 0.6) is 0 Å². The SMILES string of the molecule is CCNC(=NCCc1cnn(C)c1)NC(C)CCC(C)(C)C. The first-order chi connectivity index (χ1) is 10.3. The Morgan fingerprint density at radius 1 is 1.41 bits per heavy atom. The number of nitrogens with one attached hydrogen (secondary N) is 2. The van der Waals surface area contributed by atoms with Gasteiger partial charge in [0.05, 0.1) is 6.20 Å². The van der Waals surface area contributed by atoms with Crippen LogP contribution >= 0.6 is 0 Å². The monoisotopic (exact) mass is 307 g/mol. The lowest BCUT2D eigenvalue weighted by molar-refractivity contribution is 0.346. The number of aliphatic imine (C=N–C) groups is 1. The molecular weight excluding hydrogens is 274 g/mol. The number of aromatic nitrogens is 2. The van der Waals surface area contributed by atoms with Crippen molar-refractivity contribution >= 4 is 5.96 Å². The van der Waals surface area contributed by atoms with Gasteiger partial charge in [-0.3, -0.25) is 9.67 Å². The Labute approximate surface area is 135 Å². The molecule has 1 rings (SSSR count). The predicted octanol–water partition coefficient (Wildman–Crippen LogP) is 2.73. The van der Waals surface area contributed by atoms with Gasteiger partial charge in [-0.15, -0.1) is 0 Å². The molecule has 0 bridgehead atoms. The van der Waals surface area contributed by atoms with Crippen molar-refractivity contribution in [2.75, 3.05) is 13.1 Å². The van der Waals surface area contributed by atoms with Crippen LogP contribution in [0.4, 0.5) is 0 Å². The van der Waals surface area contributed by atoms with Gasteiger partial charge in [-0.1, -0.05) is 20.8 Å². The van der Waals surface area contributed by atoms with Gasteiger partial charge >= 0.3 is 0 Å². The van der Waals surface area contributed by atoms with Gasteiger partial charge in [-0.05, 0) is 44.1 Å². The van der Waals surface area contributed by atoms with Crippen molar-refractivity contribution in [1.82, 2.24) is 20.4 Å². The van der Waals surface area contributed by atoms with Gasteiger partial charge in [-0.2, -0.15) is 5.10 Å². The molecule has 0 saturated carbocycles. The van der Waals surface area contributed by atoms with E-state index in [-0.39, 0.29) is 0 Å². The van der Waals surface area contributed by atoms with Crippen LogP contribution in [0.3, 0.4) is 0 Å². The van der Waals surface area contributed by atoms with Crippen LogP contribution in [0.25, 0.3) is 0 Å². The van der Waals surface area contributed by atoms with Crippen molar-refractivity contribution < 1.29 is 0 Å². The first kappa shape index (κ1) is 18.5. The second-order valence-corrected chi connectivity index (χ2v) is 7.18. The van der Waals surface area contributed by atoms with Crippen LogP contribution in [0.15, 0.2) is 17.4 Å². The summed E-state index contributed by atoms with van der Waals surface area (Å²) in [6, 6.07) is 0.426. The zero-order chi connectivity index (χ0) is 16.6. The molecule has 0 fully saturated rings. The highest BCUT2D eigenvalue weighted by atomic mass is 15.2. The molecule has 0 aliphatic heterocycles. The molecule has 0 amide bonds. The van der Waals surface area contributed by atoms with E-state index in [0.29, 0.717) is 11.5 Å². The number of rotatable bonds is 7. The summed E-state index contributed by atoms with van der Waals surface area (Å²) in [6.45, 7) is 12.8. The van der Waals surface area contributed by atoms with Crippen molar-refractivity contribution in [2.45, 2.75) is 59.9 Å². The second-order valence-electron chi connectivity index (χ2n) is 7.18. The molecule has 1 heterocycles. The summed E-state index contributed by atoms with van der Waals surface area (Å²) < 4.78 is 1.83. The number of hydrogen-bond acceptors (Lipinski definition) is 2. The topological polar surface area (TPSA) is 54.2 Å². The van der Waals surface area contributed by atoms with Crippen molar-refractivity contribution in [3.8, 4) is 0 Å². The van der Waals surface area contributed by atoms with Crippen LogP contribution in [-0.4, -0.2) is 34.9 Å². The molecule has 1 atom stereocenters. The first-order valence-electron chi connectivity index (χ1n) is 8.32. The number of aryl methyl sites for hydroxylation is 1.